The van der Waals surface area contributed by atoms with E-state index < -0.39 is 10.0 Å². The van der Waals surface area contributed by atoms with Gasteiger partial charge < -0.3 is 5.73 Å². The first-order valence-electron chi connectivity index (χ1n) is 4.85. The quantitative estimate of drug-likeness (QED) is 0.818. The zero-order valence-corrected chi connectivity index (χ0v) is 10.8. The fourth-order valence-corrected chi connectivity index (χ4v) is 2.95. The number of hydrogen-bond acceptors (Lipinski definition) is 3. The van der Waals surface area contributed by atoms with Crippen LogP contribution in [0.15, 0.2) is 18.2 Å². The van der Waals surface area contributed by atoms with Crippen molar-refractivity contribution < 1.29 is 8.42 Å². The molecular weight excluding hydrogens is 248 g/mol. The van der Waals surface area contributed by atoms with Crippen molar-refractivity contribution in [1.82, 2.24) is 0 Å². The zero-order valence-electron chi connectivity index (χ0n) is 9.20. The van der Waals surface area contributed by atoms with Crippen molar-refractivity contribution in [3.05, 3.63) is 23.2 Å². The number of sulfonamides is 1. The second kappa shape index (κ2) is 4.93. The Labute approximate surface area is 101 Å². The van der Waals surface area contributed by atoms with Crippen LogP contribution in [-0.2, 0) is 10.0 Å². The predicted octanol–water partition coefficient (Wildman–Crippen LogP) is 2.32. The summed E-state index contributed by atoms with van der Waals surface area (Å²) in [7, 11) is -3.36. The lowest BCUT2D eigenvalue weighted by Gasteiger charge is -2.11. The van der Waals surface area contributed by atoms with Crippen LogP contribution in [0, 0.1) is 5.92 Å². The van der Waals surface area contributed by atoms with Gasteiger partial charge in [0.25, 0.3) is 0 Å². The highest BCUT2D eigenvalue weighted by Gasteiger charge is 2.14. The molecule has 0 atom stereocenters. The van der Waals surface area contributed by atoms with Gasteiger partial charge in [-0.1, -0.05) is 25.4 Å². The van der Waals surface area contributed by atoms with Crippen LogP contribution in [-0.4, -0.2) is 14.2 Å². The molecule has 3 N–H and O–H groups in total. The van der Waals surface area contributed by atoms with Crippen LogP contribution in [0.5, 0.6) is 0 Å². The first-order valence-corrected chi connectivity index (χ1v) is 6.89. The Morgan fingerprint density at radius 3 is 2.62 bits per heavy atom. The Kier molecular flexibility index (Phi) is 4.04. The molecule has 0 aliphatic rings. The Morgan fingerprint density at radius 2 is 2.06 bits per heavy atom. The van der Waals surface area contributed by atoms with Gasteiger partial charge in [0.2, 0.25) is 10.0 Å². The minimum atomic E-state index is -3.36. The molecule has 1 rings (SSSR count). The van der Waals surface area contributed by atoms with Crippen LogP contribution in [0.1, 0.15) is 13.8 Å². The van der Waals surface area contributed by atoms with Crippen molar-refractivity contribution in [2.24, 2.45) is 5.92 Å². The number of nitrogens with two attached hydrogens (primary N) is 1. The summed E-state index contributed by atoms with van der Waals surface area (Å²) in [6.45, 7) is 3.67. The number of rotatable bonds is 4. The molecule has 1 aromatic carbocycles. The normalized spacial score (nSPS) is 11.8. The molecule has 90 valence electrons. The second-order valence-electron chi connectivity index (χ2n) is 4.02. The average Bonchev–Trinajstić information content (AvgIpc) is 2.08. The van der Waals surface area contributed by atoms with E-state index in [0.717, 1.165) is 0 Å². The summed E-state index contributed by atoms with van der Waals surface area (Å²) in [6, 6.07) is 4.67. The van der Waals surface area contributed by atoms with Gasteiger partial charge in [-0.05, 0) is 24.1 Å². The molecule has 0 unspecified atom stereocenters. The number of hydrogen-bond donors (Lipinski definition) is 2. The first-order chi connectivity index (χ1) is 7.30. The van der Waals surface area contributed by atoms with Crippen LogP contribution in [0.3, 0.4) is 0 Å². The molecule has 16 heavy (non-hydrogen) atoms. The maximum Gasteiger partial charge on any atom is 0.233 e. The van der Waals surface area contributed by atoms with Crippen LogP contribution in [0.4, 0.5) is 11.4 Å². The summed E-state index contributed by atoms with van der Waals surface area (Å²) in [4.78, 5) is 0. The van der Waals surface area contributed by atoms with E-state index in [1.54, 1.807) is 12.1 Å². The fourth-order valence-electron chi connectivity index (χ4n) is 1.27. The summed E-state index contributed by atoms with van der Waals surface area (Å²) in [5, 5.41) is 0.335. The molecule has 0 amide bonds. The van der Waals surface area contributed by atoms with E-state index in [9.17, 15) is 8.42 Å². The lowest BCUT2D eigenvalue weighted by Crippen LogP contribution is -2.20. The van der Waals surface area contributed by atoms with Crippen molar-refractivity contribution in [3.63, 3.8) is 0 Å². The van der Waals surface area contributed by atoms with Gasteiger partial charge in [-0.15, -0.1) is 0 Å². The molecule has 0 saturated carbocycles. The van der Waals surface area contributed by atoms with Crippen molar-refractivity contribution >= 4 is 33.0 Å². The molecule has 0 saturated heterocycles. The number of anilines is 2. The van der Waals surface area contributed by atoms with E-state index >= 15 is 0 Å². The number of halogens is 1. The smallest absolute Gasteiger partial charge is 0.233 e. The highest BCUT2D eigenvalue weighted by atomic mass is 35.5. The Bertz CT molecular complexity index is 472. The number of nitrogens with one attached hydrogen (secondary N) is 1. The largest absolute Gasteiger partial charge is 0.399 e. The van der Waals surface area contributed by atoms with Gasteiger partial charge in [0.15, 0.2) is 0 Å². The van der Waals surface area contributed by atoms with Crippen molar-refractivity contribution in [2.75, 3.05) is 16.2 Å². The number of nitrogen functional groups attached to an aromatic ring is 1. The van der Waals surface area contributed by atoms with Gasteiger partial charge in [-0.2, -0.15) is 0 Å². The van der Waals surface area contributed by atoms with Gasteiger partial charge in [0.05, 0.1) is 16.5 Å². The number of benzene rings is 1. The highest BCUT2D eigenvalue weighted by molar-refractivity contribution is 7.92. The van der Waals surface area contributed by atoms with Gasteiger partial charge in [-0.3, -0.25) is 4.72 Å². The fraction of sp³-hybridized carbons (Fsp3) is 0.400. The summed E-state index contributed by atoms with van der Waals surface area (Å²) in [5.41, 5.74) is 6.34. The van der Waals surface area contributed by atoms with Crippen molar-refractivity contribution in [3.8, 4) is 0 Å². The molecule has 0 spiro atoms. The molecule has 0 aliphatic carbocycles. The van der Waals surface area contributed by atoms with Crippen LogP contribution >= 0.6 is 11.6 Å². The van der Waals surface area contributed by atoms with E-state index in [1.165, 1.54) is 6.07 Å². The van der Waals surface area contributed by atoms with E-state index in [0.29, 0.717) is 16.4 Å². The minimum absolute atomic E-state index is 0.0531. The molecule has 1 aromatic rings. The molecule has 4 nitrogen and oxygen atoms in total. The van der Waals surface area contributed by atoms with E-state index in [2.05, 4.69) is 4.72 Å². The third-order valence-corrected chi connectivity index (χ3v) is 3.77. The predicted molar refractivity (Wildman–Crippen MR) is 68.1 cm³/mol. The van der Waals surface area contributed by atoms with Gasteiger partial charge in [0, 0.05) is 5.69 Å². The zero-order chi connectivity index (χ0) is 12.3. The average molecular weight is 263 g/mol. The molecule has 0 aliphatic heterocycles. The lowest BCUT2D eigenvalue weighted by atomic mass is 10.3. The molecule has 0 fully saturated rings. The Morgan fingerprint density at radius 1 is 1.44 bits per heavy atom. The van der Waals surface area contributed by atoms with E-state index in [4.69, 9.17) is 17.3 Å². The highest BCUT2D eigenvalue weighted by Crippen LogP contribution is 2.25. The van der Waals surface area contributed by atoms with Gasteiger partial charge in [0.1, 0.15) is 0 Å². The van der Waals surface area contributed by atoms with Gasteiger partial charge in [-0.25, -0.2) is 8.42 Å². The molecule has 0 heterocycles. The first kappa shape index (κ1) is 13.1. The molecule has 0 bridgehead atoms. The second-order valence-corrected chi connectivity index (χ2v) is 6.19. The van der Waals surface area contributed by atoms with Crippen LogP contribution in [0.25, 0.3) is 0 Å². The van der Waals surface area contributed by atoms with Crippen LogP contribution in [0.2, 0.25) is 5.02 Å². The minimum Gasteiger partial charge on any atom is -0.399 e. The van der Waals surface area contributed by atoms with Gasteiger partial charge >= 0.3 is 0 Å². The lowest BCUT2D eigenvalue weighted by molar-refractivity contribution is 0.587. The standard InChI is InChI=1S/C10H15ClN2O2S/c1-7(2)6-16(14,15)13-10-5-8(12)3-4-9(10)11/h3-5,7,13H,6,12H2,1-2H3. The summed E-state index contributed by atoms with van der Waals surface area (Å²) in [5.74, 6) is 0.107. The van der Waals surface area contributed by atoms with E-state index in [-0.39, 0.29) is 11.7 Å². The van der Waals surface area contributed by atoms with Crippen molar-refractivity contribution in [2.45, 2.75) is 13.8 Å². The molecule has 6 heteroatoms. The SMILES string of the molecule is CC(C)CS(=O)(=O)Nc1cc(N)ccc1Cl. The maximum absolute atomic E-state index is 11.7. The summed E-state index contributed by atoms with van der Waals surface area (Å²) >= 11 is 5.86. The van der Waals surface area contributed by atoms with Crippen LogP contribution < -0.4 is 10.5 Å². The monoisotopic (exact) mass is 262 g/mol. The third-order valence-electron chi connectivity index (χ3n) is 1.81. The topological polar surface area (TPSA) is 72.2 Å². The molecular formula is C10H15ClN2O2S. The third kappa shape index (κ3) is 3.90. The Balaban J connectivity index is 2.92. The van der Waals surface area contributed by atoms with Crippen molar-refractivity contribution in [1.29, 1.82) is 0 Å². The van der Waals surface area contributed by atoms with E-state index in [1.807, 2.05) is 13.8 Å². The molecule has 0 aromatic heterocycles. The Hall–Kier alpha value is -0.940. The summed E-state index contributed by atoms with van der Waals surface area (Å²) < 4.78 is 25.7. The summed E-state index contributed by atoms with van der Waals surface area (Å²) in [6.07, 6.45) is 0. The molecule has 0 radical (unpaired) electrons. The maximum atomic E-state index is 11.7.